The Hall–Kier alpha value is -2.06. The second-order valence-electron chi connectivity index (χ2n) is 6.28. The van der Waals surface area contributed by atoms with Crippen molar-refractivity contribution in [1.29, 1.82) is 0 Å². The number of halogens is 3. The maximum atomic E-state index is 12.9. The van der Waals surface area contributed by atoms with E-state index in [2.05, 4.69) is 5.32 Å². The van der Waals surface area contributed by atoms with Gasteiger partial charge in [0.25, 0.3) is 0 Å². The monoisotopic (exact) mass is 386 g/mol. The predicted octanol–water partition coefficient (Wildman–Crippen LogP) is 3.82. The van der Waals surface area contributed by atoms with Crippen LogP contribution in [0.25, 0.3) is 0 Å². The molecule has 8 heteroatoms. The molecule has 1 N–H and O–H groups in total. The zero-order chi connectivity index (χ0) is 19.5. The van der Waals surface area contributed by atoms with E-state index >= 15 is 0 Å². The lowest BCUT2D eigenvalue weighted by molar-refractivity contribution is -0.137. The van der Waals surface area contributed by atoms with E-state index in [0.29, 0.717) is 17.8 Å². The topological polar surface area (TPSA) is 49.4 Å². The van der Waals surface area contributed by atoms with E-state index in [1.807, 2.05) is 4.90 Å². The van der Waals surface area contributed by atoms with Gasteiger partial charge in [-0.25, -0.2) is 8.42 Å². The van der Waals surface area contributed by atoms with Crippen LogP contribution in [0.1, 0.15) is 17.2 Å². The molecule has 4 nitrogen and oxygen atoms in total. The average Bonchev–Trinajstić information content (AvgIpc) is 2.54. The minimum Gasteiger partial charge on any atom is -0.383 e. The first-order valence-corrected chi connectivity index (χ1v) is 9.75. The van der Waals surface area contributed by atoms with Gasteiger partial charge in [-0.1, -0.05) is 12.1 Å². The highest BCUT2D eigenvalue weighted by molar-refractivity contribution is 7.90. The molecule has 0 amide bonds. The van der Waals surface area contributed by atoms with Crippen LogP contribution in [0.3, 0.4) is 0 Å². The van der Waals surface area contributed by atoms with Crippen LogP contribution >= 0.6 is 0 Å². The summed E-state index contributed by atoms with van der Waals surface area (Å²) < 4.78 is 61.8. The number of sulfone groups is 1. The van der Waals surface area contributed by atoms with Crippen molar-refractivity contribution in [2.24, 2.45) is 0 Å². The van der Waals surface area contributed by atoms with Crippen LogP contribution in [0, 0.1) is 0 Å². The third-order valence-electron chi connectivity index (χ3n) is 4.00. The van der Waals surface area contributed by atoms with Gasteiger partial charge in [0.1, 0.15) is 0 Å². The van der Waals surface area contributed by atoms with Crippen LogP contribution in [-0.4, -0.2) is 40.2 Å². The van der Waals surface area contributed by atoms with E-state index in [1.54, 1.807) is 32.3 Å². The first kappa shape index (κ1) is 20.3. The van der Waals surface area contributed by atoms with Crippen molar-refractivity contribution >= 4 is 15.5 Å². The van der Waals surface area contributed by atoms with Gasteiger partial charge in [0.2, 0.25) is 0 Å². The number of benzene rings is 2. The number of rotatable bonds is 6. The third kappa shape index (κ3) is 5.22. The highest BCUT2D eigenvalue weighted by Gasteiger charge is 2.31. The molecule has 1 atom stereocenters. The smallest absolute Gasteiger partial charge is 0.383 e. The van der Waals surface area contributed by atoms with Crippen molar-refractivity contribution < 1.29 is 21.6 Å². The summed E-state index contributed by atoms with van der Waals surface area (Å²) in [6, 6.07) is 11.2. The summed E-state index contributed by atoms with van der Waals surface area (Å²) in [6.07, 6.45) is -3.26. The standard InChI is InChI=1S/C18H21F3N2O2S/c1-23(2)17(13-5-4-6-14(11-13)18(19,20)21)12-22-15-7-9-16(10-8-15)26(3,24)25/h4-11,17,22H,12H2,1-3H3. The van der Waals surface area contributed by atoms with Crippen molar-refractivity contribution in [1.82, 2.24) is 4.90 Å². The van der Waals surface area contributed by atoms with E-state index in [4.69, 9.17) is 0 Å². The van der Waals surface area contributed by atoms with Gasteiger partial charge in [-0.15, -0.1) is 0 Å². The third-order valence-corrected chi connectivity index (χ3v) is 5.13. The minimum atomic E-state index is -4.39. The molecule has 0 saturated carbocycles. The van der Waals surface area contributed by atoms with Crippen molar-refractivity contribution in [3.05, 3.63) is 59.7 Å². The van der Waals surface area contributed by atoms with Gasteiger partial charge in [0.15, 0.2) is 9.84 Å². The summed E-state index contributed by atoms with van der Waals surface area (Å²) >= 11 is 0. The van der Waals surface area contributed by atoms with Crippen LogP contribution in [0.4, 0.5) is 18.9 Å². The fraction of sp³-hybridized carbons (Fsp3) is 0.333. The molecule has 0 spiro atoms. The van der Waals surface area contributed by atoms with Gasteiger partial charge in [-0.3, -0.25) is 0 Å². The molecule has 1 unspecified atom stereocenters. The van der Waals surface area contributed by atoms with E-state index in [1.165, 1.54) is 18.2 Å². The summed E-state index contributed by atoms with van der Waals surface area (Å²) in [5, 5.41) is 3.14. The van der Waals surface area contributed by atoms with E-state index < -0.39 is 21.6 Å². The molecule has 2 aromatic carbocycles. The van der Waals surface area contributed by atoms with Crippen molar-refractivity contribution in [2.75, 3.05) is 32.2 Å². The Balaban J connectivity index is 2.17. The summed E-state index contributed by atoms with van der Waals surface area (Å²) in [5.74, 6) is 0. The highest BCUT2D eigenvalue weighted by Crippen LogP contribution is 2.31. The van der Waals surface area contributed by atoms with E-state index in [9.17, 15) is 21.6 Å². The molecular weight excluding hydrogens is 365 g/mol. The lowest BCUT2D eigenvalue weighted by atomic mass is 10.0. The first-order chi connectivity index (χ1) is 12.0. The SMILES string of the molecule is CN(C)C(CNc1ccc(S(C)(=O)=O)cc1)c1cccc(C(F)(F)F)c1. The molecule has 142 valence electrons. The quantitative estimate of drug-likeness (QED) is 0.820. The predicted molar refractivity (Wildman–Crippen MR) is 95.9 cm³/mol. The molecular formula is C18H21F3N2O2S. The number of nitrogens with zero attached hydrogens (tertiary/aromatic N) is 1. The molecule has 0 fully saturated rings. The Bertz CT molecular complexity index is 847. The Morgan fingerprint density at radius 1 is 1.08 bits per heavy atom. The average molecular weight is 386 g/mol. The molecule has 0 aliphatic heterocycles. The fourth-order valence-electron chi connectivity index (χ4n) is 2.56. The maximum absolute atomic E-state index is 12.9. The lowest BCUT2D eigenvalue weighted by Gasteiger charge is -2.26. The fourth-order valence-corrected chi connectivity index (χ4v) is 3.19. The second-order valence-corrected chi connectivity index (χ2v) is 8.30. The highest BCUT2D eigenvalue weighted by atomic mass is 32.2. The Morgan fingerprint density at radius 2 is 1.69 bits per heavy atom. The normalized spacial score (nSPS) is 13.7. The number of anilines is 1. The Morgan fingerprint density at radius 3 is 2.19 bits per heavy atom. The largest absolute Gasteiger partial charge is 0.416 e. The van der Waals surface area contributed by atoms with Gasteiger partial charge in [0.05, 0.1) is 16.5 Å². The number of likely N-dealkylation sites (N-methyl/N-ethyl adjacent to an activating group) is 1. The van der Waals surface area contributed by atoms with Crippen molar-refractivity contribution in [3.63, 3.8) is 0 Å². The van der Waals surface area contributed by atoms with E-state index in [-0.39, 0.29) is 10.9 Å². The Kier molecular flexibility index (Phi) is 5.98. The lowest BCUT2D eigenvalue weighted by Crippen LogP contribution is -2.27. The molecule has 0 radical (unpaired) electrons. The van der Waals surface area contributed by atoms with Crippen LogP contribution in [0.5, 0.6) is 0 Å². The summed E-state index contributed by atoms with van der Waals surface area (Å²) in [6.45, 7) is 0.368. The first-order valence-electron chi connectivity index (χ1n) is 7.86. The zero-order valence-electron chi connectivity index (χ0n) is 14.7. The van der Waals surface area contributed by atoms with Gasteiger partial charge >= 0.3 is 6.18 Å². The van der Waals surface area contributed by atoms with Crippen LogP contribution in [0.2, 0.25) is 0 Å². The van der Waals surface area contributed by atoms with Gasteiger partial charge in [-0.05, 0) is 56.1 Å². The van der Waals surface area contributed by atoms with Crippen LogP contribution in [0.15, 0.2) is 53.4 Å². The van der Waals surface area contributed by atoms with Gasteiger partial charge in [0, 0.05) is 18.5 Å². The van der Waals surface area contributed by atoms with Gasteiger partial charge in [-0.2, -0.15) is 13.2 Å². The molecule has 0 aromatic heterocycles. The maximum Gasteiger partial charge on any atom is 0.416 e. The summed E-state index contributed by atoms with van der Waals surface area (Å²) in [4.78, 5) is 2.04. The van der Waals surface area contributed by atoms with E-state index in [0.717, 1.165) is 18.4 Å². The van der Waals surface area contributed by atoms with Crippen LogP contribution < -0.4 is 5.32 Å². The number of nitrogens with one attached hydrogen (secondary N) is 1. The molecule has 2 rings (SSSR count). The molecule has 2 aromatic rings. The molecule has 0 aliphatic carbocycles. The van der Waals surface area contributed by atoms with Crippen molar-refractivity contribution in [2.45, 2.75) is 17.1 Å². The van der Waals surface area contributed by atoms with Crippen molar-refractivity contribution in [3.8, 4) is 0 Å². The molecule has 0 heterocycles. The minimum absolute atomic E-state index is 0.213. The van der Waals surface area contributed by atoms with Gasteiger partial charge < -0.3 is 10.2 Å². The Labute approximate surface area is 151 Å². The summed E-state index contributed by atoms with van der Waals surface area (Å²) in [5.41, 5.74) is 0.556. The zero-order valence-corrected chi connectivity index (χ0v) is 15.5. The summed E-state index contributed by atoms with van der Waals surface area (Å²) in [7, 11) is 0.313. The molecule has 0 bridgehead atoms. The molecule has 0 aliphatic rings. The molecule has 26 heavy (non-hydrogen) atoms. The second kappa shape index (κ2) is 7.67. The number of hydrogen-bond acceptors (Lipinski definition) is 4. The number of alkyl halides is 3. The molecule has 0 saturated heterocycles. The van der Waals surface area contributed by atoms with Crippen LogP contribution in [-0.2, 0) is 16.0 Å². The number of hydrogen-bond donors (Lipinski definition) is 1.